The van der Waals surface area contributed by atoms with Gasteiger partial charge in [-0.25, -0.2) is 0 Å². The molecule has 0 aromatic heterocycles. The number of nitrogens with zero attached hydrogens (tertiary/aromatic N) is 1. The van der Waals surface area contributed by atoms with Crippen LogP contribution in [0.2, 0.25) is 0 Å². The third kappa shape index (κ3) is 4.97. The van der Waals surface area contributed by atoms with Gasteiger partial charge in [0, 0.05) is 36.9 Å². The Morgan fingerprint density at radius 3 is 2.52 bits per heavy atom. The molecule has 1 aromatic carbocycles. The zero-order chi connectivity index (χ0) is 17.8. The minimum atomic E-state index is -0.0250. The monoisotopic (exact) mass is 343 g/mol. The second-order valence-corrected chi connectivity index (χ2v) is 7.67. The minimum Gasteiger partial charge on any atom is -0.371 e. The van der Waals surface area contributed by atoms with Crippen LogP contribution in [0.4, 0.5) is 11.4 Å². The van der Waals surface area contributed by atoms with Gasteiger partial charge in [-0.2, -0.15) is 0 Å². The summed E-state index contributed by atoms with van der Waals surface area (Å²) in [5, 5.41) is 6.01. The molecule has 2 fully saturated rings. The summed E-state index contributed by atoms with van der Waals surface area (Å²) in [5.41, 5.74) is 2.36. The van der Waals surface area contributed by atoms with E-state index in [0.717, 1.165) is 44.5 Å². The predicted molar refractivity (Wildman–Crippen MR) is 101 cm³/mol. The molecule has 1 aliphatic heterocycles. The van der Waals surface area contributed by atoms with Gasteiger partial charge in [0.1, 0.15) is 0 Å². The maximum Gasteiger partial charge on any atom is 0.253 e. The molecule has 136 valence electrons. The van der Waals surface area contributed by atoms with E-state index in [0.29, 0.717) is 29.6 Å². The average molecular weight is 343 g/mol. The number of hydrogen-bond acceptors (Lipinski definition) is 3. The SMILES string of the molecule is CC(C)CC(=O)Nc1ccc(N2CCCCC2)c(C(=O)NC2CC2)c1. The van der Waals surface area contributed by atoms with Gasteiger partial charge in [0.25, 0.3) is 5.91 Å². The average Bonchev–Trinajstić information content (AvgIpc) is 3.38. The Labute approximate surface area is 150 Å². The van der Waals surface area contributed by atoms with E-state index < -0.39 is 0 Å². The van der Waals surface area contributed by atoms with E-state index in [1.807, 2.05) is 32.0 Å². The fourth-order valence-corrected chi connectivity index (χ4v) is 3.28. The zero-order valence-electron chi connectivity index (χ0n) is 15.3. The van der Waals surface area contributed by atoms with E-state index >= 15 is 0 Å². The first-order chi connectivity index (χ1) is 12.0. The third-order valence-electron chi connectivity index (χ3n) is 4.73. The van der Waals surface area contributed by atoms with Gasteiger partial charge in [0.2, 0.25) is 5.91 Å². The highest BCUT2D eigenvalue weighted by molar-refractivity contribution is 6.02. The maximum atomic E-state index is 12.7. The van der Waals surface area contributed by atoms with E-state index in [-0.39, 0.29) is 11.8 Å². The van der Waals surface area contributed by atoms with Crippen molar-refractivity contribution in [2.45, 2.75) is 58.4 Å². The van der Waals surface area contributed by atoms with Crippen molar-refractivity contribution in [3.63, 3.8) is 0 Å². The number of rotatable bonds is 6. The highest BCUT2D eigenvalue weighted by Gasteiger charge is 2.26. The maximum absolute atomic E-state index is 12.7. The fraction of sp³-hybridized carbons (Fsp3) is 0.600. The van der Waals surface area contributed by atoms with E-state index in [9.17, 15) is 9.59 Å². The Bertz CT molecular complexity index is 632. The summed E-state index contributed by atoms with van der Waals surface area (Å²) >= 11 is 0. The lowest BCUT2D eigenvalue weighted by atomic mass is 10.1. The molecule has 1 saturated heterocycles. The molecule has 0 radical (unpaired) electrons. The zero-order valence-corrected chi connectivity index (χ0v) is 15.3. The van der Waals surface area contributed by atoms with Crippen molar-refractivity contribution in [2.75, 3.05) is 23.3 Å². The van der Waals surface area contributed by atoms with Gasteiger partial charge in [-0.15, -0.1) is 0 Å². The standard InChI is InChI=1S/C20H29N3O2/c1-14(2)12-19(24)21-16-8-9-18(23-10-4-3-5-11-23)17(13-16)20(25)22-15-6-7-15/h8-9,13-15H,3-7,10-12H2,1-2H3,(H,21,24)(H,22,25). The number of hydrogen-bond donors (Lipinski definition) is 2. The van der Waals surface area contributed by atoms with Crippen LogP contribution in [0.1, 0.15) is 62.7 Å². The Morgan fingerprint density at radius 2 is 1.88 bits per heavy atom. The largest absolute Gasteiger partial charge is 0.371 e. The summed E-state index contributed by atoms with van der Waals surface area (Å²) in [7, 11) is 0. The van der Waals surface area contributed by atoms with E-state index in [4.69, 9.17) is 0 Å². The van der Waals surface area contributed by atoms with Crippen molar-refractivity contribution in [2.24, 2.45) is 5.92 Å². The molecule has 0 atom stereocenters. The summed E-state index contributed by atoms with van der Waals surface area (Å²) in [4.78, 5) is 27.1. The van der Waals surface area contributed by atoms with Crippen LogP contribution in [0, 0.1) is 5.92 Å². The normalized spacial score (nSPS) is 17.5. The second-order valence-electron chi connectivity index (χ2n) is 7.67. The Morgan fingerprint density at radius 1 is 1.16 bits per heavy atom. The summed E-state index contributed by atoms with van der Waals surface area (Å²) in [6, 6.07) is 6.05. The second kappa shape index (κ2) is 7.89. The molecule has 1 heterocycles. The Balaban J connectivity index is 1.81. The van der Waals surface area contributed by atoms with Crippen molar-refractivity contribution in [1.29, 1.82) is 0 Å². The van der Waals surface area contributed by atoms with Gasteiger partial charge in [-0.3, -0.25) is 9.59 Å². The van der Waals surface area contributed by atoms with Crippen LogP contribution in [0.25, 0.3) is 0 Å². The first kappa shape index (κ1) is 17.8. The molecule has 3 rings (SSSR count). The highest BCUT2D eigenvalue weighted by Crippen LogP contribution is 2.28. The number of anilines is 2. The molecule has 1 saturated carbocycles. The van der Waals surface area contributed by atoms with Crippen molar-refractivity contribution >= 4 is 23.2 Å². The van der Waals surface area contributed by atoms with Crippen LogP contribution in [0.15, 0.2) is 18.2 Å². The van der Waals surface area contributed by atoms with Crippen LogP contribution in [-0.2, 0) is 4.79 Å². The first-order valence-electron chi connectivity index (χ1n) is 9.52. The Hall–Kier alpha value is -2.04. The molecule has 1 aliphatic carbocycles. The van der Waals surface area contributed by atoms with E-state index in [1.54, 1.807) is 0 Å². The molecule has 2 amide bonds. The van der Waals surface area contributed by atoms with Crippen molar-refractivity contribution in [3.8, 4) is 0 Å². The van der Waals surface area contributed by atoms with Crippen LogP contribution in [0.5, 0.6) is 0 Å². The van der Waals surface area contributed by atoms with Gasteiger partial charge in [-0.1, -0.05) is 13.8 Å². The van der Waals surface area contributed by atoms with Crippen LogP contribution >= 0.6 is 0 Å². The summed E-state index contributed by atoms with van der Waals surface area (Å²) in [6.07, 6.45) is 6.19. The van der Waals surface area contributed by atoms with Crippen LogP contribution in [0.3, 0.4) is 0 Å². The topological polar surface area (TPSA) is 61.4 Å². The van der Waals surface area contributed by atoms with Gasteiger partial charge in [0.05, 0.1) is 5.56 Å². The van der Waals surface area contributed by atoms with E-state index in [2.05, 4.69) is 15.5 Å². The summed E-state index contributed by atoms with van der Waals surface area (Å²) in [6.45, 7) is 6.02. The lowest BCUT2D eigenvalue weighted by Crippen LogP contribution is -2.33. The molecule has 2 N–H and O–H groups in total. The quantitative estimate of drug-likeness (QED) is 0.830. The molecule has 0 bridgehead atoms. The Kier molecular flexibility index (Phi) is 5.61. The van der Waals surface area contributed by atoms with Crippen molar-refractivity contribution < 1.29 is 9.59 Å². The third-order valence-corrected chi connectivity index (χ3v) is 4.73. The molecule has 25 heavy (non-hydrogen) atoms. The molecule has 0 spiro atoms. The number of carbonyl (C=O) groups is 2. The lowest BCUT2D eigenvalue weighted by molar-refractivity contribution is -0.116. The van der Waals surface area contributed by atoms with Gasteiger partial charge in [0.15, 0.2) is 0 Å². The smallest absolute Gasteiger partial charge is 0.253 e. The van der Waals surface area contributed by atoms with Crippen LogP contribution in [-0.4, -0.2) is 30.9 Å². The number of nitrogens with one attached hydrogen (secondary N) is 2. The molecule has 2 aliphatic rings. The highest BCUT2D eigenvalue weighted by atomic mass is 16.2. The molecule has 0 unspecified atom stereocenters. The number of piperidine rings is 1. The van der Waals surface area contributed by atoms with E-state index in [1.165, 1.54) is 6.42 Å². The first-order valence-corrected chi connectivity index (χ1v) is 9.52. The molecule has 1 aromatic rings. The van der Waals surface area contributed by atoms with Gasteiger partial charge in [-0.05, 0) is 56.2 Å². The number of benzene rings is 1. The number of carbonyl (C=O) groups excluding carboxylic acids is 2. The molecular weight excluding hydrogens is 314 g/mol. The minimum absolute atomic E-state index is 0.00530. The van der Waals surface area contributed by atoms with Gasteiger partial charge < -0.3 is 15.5 Å². The molecular formula is C20H29N3O2. The molecule has 5 heteroatoms. The number of amides is 2. The van der Waals surface area contributed by atoms with Crippen LogP contribution < -0.4 is 15.5 Å². The predicted octanol–water partition coefficient (Wildman–Crippen LogP) is 3.55. The molecule has 5 nitrogen and oxygen atoms in total. The van der Waals surface area contributed by atoms with Crippen molar-refractivity contribution in [1.82, 2.24) is 5.32 Å². The summed E-state index contributed by atoms with van der Waals surface area (Å²) < 4.78 is 0. The van der Waals surface area contributed by atoms with Gasteiger partial charge >= 0.3 is 0 Å². The summed E-state index contributed by atoms with van der Waals surface area (Å²) in [5.74, 6) is 0.280. The van der Waals surface area contributed by atoms with Crippen molar-refractivity contribution in [3.05, 3.63) is 23.8 Å². The fourth-order valence-electron chi connectivity index (χ4n) is 3.28. The lowest BCUT2D eigenvalue weighted by Gasteiger charge is -2.30.